The van der Waals surface area contributed by atoms with Crippen LogP contribution in [0.4, 0.5) is 11.5 Å². The molecule has 5 nitrogen and oxygen atoms in total. The van der Waals surface area contributed by atoms with Crippen molar-refractivity contribution in [2.75, 3.05) is 23.3 Å². The summed E-state index contributed by atoms with van der Waals surface area (Å²) in [6.07, 6.45) is 2.10. The quantitative estimate of drug-likeness (QED) is 0.455. The highest BCUT2D eigenvalue weighted by atomic mass is 35.5. The fourth-order valence-corrected chi connectivity index (χ4v) is 4.53. The van der Waals surface area contributed by atoms with Crippen molar-refractivity contribution in [3.05, 3.63) is 64.7 Å². The Morgan fingerprint density at radius 1 is 1.09 bits per heavy atom. The average Bonchev–Trinajstić information content (AvgIpc) is 2.77. The second-order valence-corrected chi connectivity index (χ2v) is 9.89. The van der Waals surface area contributed by atoms with E-state index in [4.69, 9.17) is 16.6 Å². The van der Waals surface area contributed by atoms with E-state index < -0.39 is 0 Å². The van der Waals surface area contributed by atoms with Gasteiger partial charge >= 0.3 is 0 Å². The Labute approximate surface area is 207 Å². The highest BCUT2D eigenvalue weighted by molar-refractivity contribution is 6.30. The Balaban J connectivity index is 0.00000306. The summed E-state index contributed by atoms with van der Waals surface area (Å²) in [5.41, 5.74) is 3.69. The second kappa shape index (κ2) is 10.6. The third-order valence-electron chi connectivity index (χ3n) is 5.80. The first-order chi connectivity index (χ1) is 15.3. The van der Waals surface area contributed by atoms with Gasteiger partial charge in [-0.05, 0) is 57.4 Å². The molecule has 1 aliphatic rings. The topological polar surface area (TPSA) is 64.0 Å². The van der Waals surface area contributed by atoms with Gasteiger partial charge < -0.3 is 15.5 Å². The molecule has 2 N–H and O–H groups in total. The van der Waals surface area contributed by atoms with Gasteiger partial charge in [0.05, 0.1) is 11.2 Å². The SMILES string of the molecule is CC(C)(C)NC1CCN(c2c(C#N)c(NCc3ccc(Cl)cc3)nc3ccccc23)CC1.Cl. The lowest BCUT2D eigenvalue weighted by atomic mass is 9.98. The first-order valence-electron chi connectivity index (χ1n) is 11.2. The predicted molar refractivity (Wildman–Crippen MR) is 141 cm³/mol. The van der Waals surface area contributed by atoms with Crippen molar-refractivity contribution in [1.29, 1.82) is 5.26 Å². The molecule has 0 bridgehead atoms. The van der Waals surface area contributed by atoms with Crippen LogP contribution in [0.1, 0.15) is 44.7 Å². The van der Waals surface area contributed by atoms with Crippen LogP contribution in [0.3, 0.4) is 0 Å². The number of nitrogens with one attached hydrogen (secondary N) is 2. The predicted octanol–water partition coefficient (Wildman–Crippen LogP) is 6.15. The maximum atomic E-state index is 10.1. The lowest BCUT2D eigenvalue weighted by molar-refractivity contribution is 0.317. The Bertz CT molecular complexity index is 1120. The van der Waals surface area contributed by atoms with Crippen molar-refractivity contribution < 1.29 is 0 Å². The number of pyridine rings is 1. The van der Waals surface area contributed by atoms with Crippen molar-refractivity contribution in [2.45, 2.75) is 51.7 Å². The van der Waals surface area contributed by atoms with Gasteiger partial charge in [0, 0.05) is 41.6 Å². The first-order valence-corrected chi connectivity index (χ1v) is 11.6. The van der Waals surface area contributed by atoms with Crippen molar-refractivity contribution in [1.82, 2.24) is 10.3 Å². The van der Waals surface area contributed by atoms with E-state index in [9.17, 15) is 5.26 Å². The van der Waals surface area contributed by atoms with Crippen LogP contribution in [0.2, 0.25) is 5.02 Å². The Kier molecular flexibility index (Phi) is 8.07. The molecule has 2 aromatic carbocycles. The molecule has 1 fully saturated rings. The number of fused-ring (bicyclic) bond motifs is 1. The van der Waals surface area contributed by atoms with Crippen LogP contribution in [-0.2, 0) is 6.54 Å². The van der Waals surface area contributed by atoms with E-state index >= 15 is 0 Å². The standard InChI is InChI=1S/C26H30ClN5.ClH/c1-26(2,3)31-20-12-14-32(15-13-20)24-21-6-4-5-7-23(21)30-25(22(24)16-28)29-17-18-8-10-19(27)11-9-18;/h4-11,20,31H,12-15,17H2,1-3H3,(H,29,30);1H. The van der Waals surface area contributed by atoms with Gasteiger partial charge in [0.15, 0.2) is 0 Å². The number of benzene rings is 2. The minimum Gasteiger partial charge on any atom is -0.370 e. The van der Waals surface area contributed by atoms with Gasteiger partial charge in [-0.1, -0.05) is 41.9 Å². The number of piperidine rings is 1. The maximum Gasteiger partial charge on any atom is 0.147 e. The number of hydrogen-bond acceptors (Lipinski definition) is 5. The fraction of sp³-hybridized carbons (Fsp3) is 0.385. The normalized spacial score (nSPS) is 14.6. The van der Waals surface area contributed by atoms with Crippen LogP contribution in [0, 0.1) is 11.3 Å². The molecular formula is C26H31Cl2N5. The minimum absolute atomic E-state index is 0. The molecule has 0 spiro atoms. The summed E-state index contributed by atoms with van der Waals surface area (Å²) in [6.45, 7) is 9.03. The van der Waals surface area contributed by atoms with Crippen molar-refractivity contribution in [3.8, 4) is 6.07 Å². The van der Waals surface area contributed by atoms with Gasteiger partial charge in [0.2, 0.25) is 0 Å². The summed E-state index contributed by atoms with van der Waals surface area (Å²) in [5.74, 6) is 0.631. The lowest BCUT2D eigenvalue weighted by Crippen LogP contribution is -2.49. The van der Waals surface area contributed by atoms with E-state index in [1.807, 2.05) is 42.5 Å². The molecule has 3 aromatic rings. The van der Waals surface area contributed by atoms with Crippen LogP contribution in [-0.4, -0.2) is 29.7 Å². The van der Waals surface area contributed by atoms with E-state index in [1.165, 1.54) is 0 Å². The van der Waals surface area contributed by atoms with E-state index in [0.29, 0.717) is 29.0 Å². The molecule has 0 unspecified atom stereocenters. The molecule has 1 saturated heterocycles. The monoisotopic (exact) mass is 483 g/mol. The number of halogens is 2. The van der Waals surface area contributed by atoms with Gasteiger partial charge in [-0.2, -0.15) is 5.26 Å². The smallest absolute Gasteiger partial charge is 0.147 e. The highest BCUT2D eigenvalue weighted by Crippen LogP contribution is 2.35. The highest BCUT2D eigenvalue weighted by Gasteiger charge is 2.26. The molecule has 0 saturated carbocycles. The Hall–Kier alpha value is -2.52. The molecule has 2 heterocycles. The molecule has 0 atom stereocenters. The fourth-order valence-electron chi connectivity index (χ4n) is 4.40. The van der Waals surface area contributed by atoms with Gasteiger partial charge in [0.1, 0.15) is 17.5 Å². The average molecular weight is 484 g/mol. The molecular weight excluding hydrogens is 453 g/mol. The number of nitrogens with zero attached hydrogens (tertiary/aromatic N) is 3. The zero-order valence-corrected chi connectivity index (χ0v) is 20.9. The van der Waals surface area contributed by atoms with Crippen LogP contribution < -0.4 is 15.5 Å². The van der Waals surface area contributed by atoms with Crippen molar-refractivity contribution in [3.63, 3.8) is 0 Å². The van der Waals surface area contributed by atoms with Crippen LogP contribution in [0.5, 0.6) is 0 Å². The zero-order chi connectivity index (χ0) is 22.7. The van der Waals surface area contributed by atoms with Crippen molar-refractivity contribution >= 4 is 46.4 Å². The molecule has 33 heavy (non-hydrogen) atoms. The number of aromatic nitrogens is 1. The minimum atomic E-state index is 0. The molecule has 1 aromatic heterocycles. The molecule has 7 heteroatoms. The molecule has 0 amide bonds. The Morgan fingerprint density at radius 2 is 1.76 bits per heavy atom. The lowest BCUT2D eigenvalue weighted by Gasteiger charge is -2.38. The van der Waals surface area contributed by atoms with Gasteiger partial charge in [-0.25, -0.2) is 4.98 Å². The van der Waals surface area contributed by atoms with E-state index in [2.05, 4.69) is 48.4 Å². The molecule has 0 radical (unpaired) electrons. The number of anilines is 2. The first kappa shape index (κ1) is 25.1. The number of nitriles is 1. The van der Waals surface area contributed by atoms with Crippen LogP contribution in [0.25, 0.3) is 10.9 Å². The summed E-state index contributed by atoms with van der Waals surface area (Å²) < 4.78 is 0. The molecule has 174 valence electrons. The third kappa shape index (κ3) is 6.09. The second-order valence-electron chi connectivity index (χ2n) is 9.45. The Morgan fingerprint density at radius 3 is 2.39 bits per heavy atom. The maximum absolute atomic E-state index is 10.1. The van der Waals surface area contributed by atoms with Gasteiger partial charge in [-0.15, -0.1) is 12.4 Å². The number of hydrogen-bond donors (Lipinski definition) is 2. The largest absolute Gasteiger partial charge is 0.370 e. The van der Waals surface area contributed by atoms with Crippen LogP contribution in [0.15, 0.2) is 48.5 Å². The van der Waals surface area contributed by atoms with E-state index in [1.54, 1.807) is 0 Å². The van der Waals surface area contributed by atoms with E-state index in [0.717, 1.165) is 48.1 Å². The summed E-state index contributed by atoms with van der Waals surface area (Å²) in [4.78, 5) is 7.16. The van der Waals surface area contributed by atoms with E-state index in [-0.39, 0.29) is 17.9 Å². The van der Waals surface area contributed by atoms with Crippen molar-refractivity contribution in [2.24, 2.45) is 0 Å². The summed E-state index contributed by atoms with van der Waals surface area (Å²) in [5, 5.41) is 19.0. The summed E-state index contributed by atoms with van der Waals surface area (Å²) >= 11 is 6.01. The van der Waals surface area contributed by atoms with Gasteiger partial charge in [0.25, 0.3) is 0 Å². The molecule has 1 aliphatic heterocycles. The summed E-state index contributed by atoms with van der Waals surface area (Å²) in [7, 11) is 0. The number of para-hydroxylation sites is 1. The van der Waals surface area contributed by atoms with Gasteiger partial charge in [-0.3, -0.25) is 0 Å². The summed E-state index contributed by atoms with van der Waals surface area (Å²) in [6, 6.07) is 18.7. The molecule has 4 rings (SSSR count). The third-order valence-corrected chi connectivity index (χ3v) is 6.05. The number of rotatable bonds is 5. The zero-order valence-electron chi connectivity index (χ0n) is 19.4. The molecule has 0 aliphatic carbocycles. The van der Waals surface area contributed by atoms with Crippen LogP contribution >= 0.6 is 24.0 Å².